The number of sulfonamides is 1. The number of halogens is 1. The summed E-state index contributed by atoms with van der Waals surface area (Å²) in [6.45, 7) is 0.435. The molecule has 1 amide bonds. The van der Waals surface area contributed by atoms with E-state index >= 15 is 0 Å². The van der Waals surface area contributed by atoms with Crippen LogP contribution in [0.3, 0.4) is 0 Å². The quantitative estimate of drug-likeness (QED) is 0.747. The number of carbonyl (C=O) groups excluding carboxylic acids is 1. The monoisotopic (exact) mass is 438 g/mol. The van der Waals surface area contributed by atoms with Crippen molar-refractivity contribution in [2.45, 2.75) is 17.7 Å². The SMILES string of the molecule is COc1ccc(NC(=O)[C@@H]2CCCN(S(=O)(=O)c3cc(Cl)ccc3OC)C2)cc1. The van der Waals surface area contributed by atoms with Gasteiger partial charge in [-0.3, -0.25) is 4.79 Å². The van der Waals surface area contributed by atoms with Crippen LogP contribution in [0.25, 0.3) is 0 Å². The van der Waals surface area contributed by atoms with Gasteiger partial charge in [0.05, 0.1) is 20.1 Å². The van der Waals surface area contributed by atoms with Crippen molar-refractivity contribution in [3.63, 3.8) is 0 Å². The fraction of sp³-hybridized carbons (Fsp3) is 0.350. The number of ether oxygens (including phenoxy) is 2. The van der Waals surface area contributed by atoms with Crippen LogP contribution in [0.5, 0.6) is 11.5 Å². The molecule has 29 heavy (non-hydrogen) atoms. The summed E-state index contributed by atoms with van der Waals surface area (Å²) >= 11 is 6.00. The van der Waals surface area contributed by atoms with Gasteiger partial charge in [0.2, 0.25) is 15.9 Å². The molecule has 9 heteroatoms. The zero-order valence-corrected chi connectivity index (χ0v) is 17.8. The number of rotatable bonds is 6. The maximum Gasteiger partial charge on any atom is 0.246 e. The van der Waals surface area contributed by atoms with Gasteiger partial charge in [-0.05, 0) is 55.3 Å². The van der Waals surface area contributed by atoms with Crippen LogP contribution in [0, 0.1) is 5.92 Å². The number of benzene rings is 2. The van der Waals surface area contributed by atoms with Gasteiger partial charge in [-0.25, -0.2) is 8.42 Å². The van der Waals surface area contributed by atoms with Crippen LogP contribution in [0.1, 0.15) is 12.8 Å². The zero-order chi connectivity index (χ0) is 21.0. The molecule has 0 radical (unpaired) electrons. The highest BCUT2D eigenvalue weighted by molar-refractivity contribution is 7.89. The molecule has 1 heterocycles. The van der Waals surface area contributed by atoms with E-state index in [-0.39, 0.29) is 23.1 Å². The zero-order valence-electron chi connectivity index (χ0n) is 16.2. The summed E-state index contributed by atoms with van der Waals surface area (Å²) in [5.41, 5.74) is 0.632. The third-order valence-corrected chi connectivity index (χ3v) is 6.98. The summed E-state index contributed by atoms with van der Waals surface area (Å²) in [5.74, 6) is 0.242. The Balaban J connectivity index is 1.75. The third-order valence-electron chi connectivity index (χ3n) is 4.86. The Kier molecular flexibility index (Phi) is 6.66. The molecule has 1 saturated heterocycles. The molecule has 1 aliphatic rings. The van der Waals surface area contributed by atoms with Gasteiger partial charge < -0.3 is 14.8 Å². The van der Waals surface area contributed by atoms with Gasteiger partial charge in [-0.2, -0.15) is 4.31 Å². The van der Waals surface area contributed by atoms with E-state index in [1.807, 2.05) is 0 Å². The first kappa shape index (κ1) is 21.4. The standard InChI is InChI=1S/C20H23ClN2O5S/c1-27-17-8-6-16(7-9-17)22-20(24)14-4-3-11-23(13-14)29(25,26)19-12-15(21)5-10-18(19)28-2/h5-10,12,14H,3-4,11,13H2,1-2H3,(H,22,24)/t14-/m1/s1. The highest BCUT2D eigenvalue weighted by Gasteiger charge is 2.35. The molecule has 0 aromatic heterocycles. The molecular formula is C20H23ClN2O5S. The van der Waals surface area contributed by atoms with Crippen LogP contribution >= 0.6 is 11.6 Å². The van der Waals surface area contributed by atoms with E-state index in [1.165, 1.54) is 23.5 Å². The van der Waals surface area contributed by atoms with Crippen LogP contribution in [0.4, 0.5) is 5.69 Å². The second-order valence-corrected chi connectivity index (χ2v) is 9.06. The van der Waals surface area contributed by atoms with E-state index in [0.717, 1.165) is 0 Å². The minimum Gasteiger partial charge on any atom is -0.497 e. The van der Waals surface area contributed by atoms with E-state index in [9.17, 15) is 13.2 Å². The first-order valence-corrected chi connectivity index (χ1v) is 11.0. The number of piperidine rings is 1. The predicted octanol–water partition coefficient (Wildman–Crippen LogP) is 3.40. The Morgan fingerprint density at radius 2 is 1.86 bits per heavy atom. The maximum absolute atomic E-state index is 13.2. The van der Waals surface area contributed by atoms with Gasteiger partial charge in [0, 0.05) is 23.8 Å². The Labute approximate surface area is 175 Å². The second kappa shape index (κ2) is 9.02. The third kappa shape index (κ3) is 4.83. The number of nitrogens with one attached hydrogen (secondary N) is 1. The van der Waals surface area contributed by atoms with Crippen molar-refractivity contribution in [3.05, 3.63) is 47.5 Å². The van der Waals surface area contributed by atoms with E-state index in [4.69, 9.17) is 21.1 Å². The molecule has 2 aromatic carbocycles. The van der Waals surface area contributed by atoms with E-state index in [1.54, 1.807) is 37.4 Å². The highest BCUT2D eigenvalue weighted by Crippen LogP contribution is 2.32. The summed E-state index contributed by atoms with van der Waals surface area (Å²) in [5, 5.41) is 3.15. The number of hydrogen-bond donors (Lipinski definition) is 1. The number of amides is 1. The summed E-state index contributed by atoms with van der Waals surface area (Å²) in [7, 11) is -0.873. The van der Waals surface area contributed by atoms with Gasteiger partial charge in [0.15, 0.2) is 0 Å². The lowest BCUT2D eigenvalue weighted by Gasteiger charge is -2.31. The Hall–Kier alpha value is -2.29. The summed E-state index contributed by atoms with van der Waals surface area (Å²) in [4.78, 5) is 12.7. The average molecular weight is 439 g/mol. The van der Waals surface area contributed by atoms with E-state index in [0.29, 0.717) is 35.8 Å². The number of methoxy groups -OCH3 is 2. The minimum atomic E-state index is -3.85. The molecule has 1 atom stereocenters. The molecule has 1 fully saturated rings. The molecule has 156 valence electrons. The first-order valence-electron chi connectivity index (χ1n) is 9.13. The summed E-state index contributed by atoms with van der Waals surface area (Å²) < 4.78 is 37.9. The molecule has 1 aliphatic heterocycles. The fourth-order valence-corrected chi connectivity index (χ4v) is 5.23. The van der Waals surface area contributed by atoms with Gasteiger partial charge in [0.1, 0.15) is 16.4 Å². The summed E-state index contributed by atoms with van der Waals surface area (Å²) in [6.07, 6.45) is 1.20. The van der Waals surface area contributed by atoms with Crippen LogP contribution in [-0.2, 0) is 14.8 Å². The Morgan fingerprint density at radius 3 is 2.52 bits per heavy atom. The number of nitrogens with zero attached hydrogens (tertiary/aromatic N) is 1. The van der Waals surface area contributed by atoms with Crippen LogP contribution in [0.2, 0.25) is 5.02 Å². The summed E-state index contributed by atoms with van der Waals surface area (Å²) in [6, 6.07) is 11.4. The molecule has 7 nitrogen and oxygen atoms in total. The van der Waals surface area contributed by atoms with Gasteiger partial charge >= 0.3 is 0 Å². The van der Waals surface area contributed by atoms with E-state index < -0.39 is 15.9 Å². The normalized spacial score (nSPS) is 17.6. The molecule has 3 rings (SSSR count). The van der Waals surface area contributed by atoms with Crippen molar-refractivity contribution in [1.82, 2.24) is 4.31 Å². The molecule has 0 bridgehead atoms. The topological polar surface area (TPSA) is 84.9 Å². The van der Waals surface area contributed by atoms with Gasteiger partial charge in [0.25, 0.3) is 0 Å². The highest BCUT2D eigenvalue weighted by atomic mass is 35.5. The second-order valence-electron chi connectivity index (χ2n) is 6.72. The van der Waals surface area contributed by atoms with Crippen LogP contribution in [-0.4, -0.2) is 45.9 Å². The van der Waals surface area contributed by atoms with Gasteiger partial charge in [-0.15, -0.1) is 0 Å². The predicted molar refractivity (Wildman–Crippen MR) is 111 cm³/mol. The molecule has 0 saturated carbocycles. The van der Waals surface area contributed by atoms with Crippen molar-refractivity contribution < 1.29 is 22.7 Å². The van der Waals surface area contributed by atoms with Crippen LogP contribution in [0.15, 0.2) is 47.4 Å². The molecule has 0 unspecified atom stereocenters. The molecule has 0 aliphatic carbocycles. The van der Waals surface area contributed by atoms with Crippen molar-refractivity contribution in [3.8, 4) is 11.5 Å². The Bertz CT molecular complexity index is 979. The maximum atomic E-state index is 13.2. The molecule has 0 spiro atoms. The van der Waals surface area contributed by atoms with E-state index in [2.05, 4.69) is 5.32 Å². The number of carbonyl (C=O) groups is 1. The smallest absolute Gasteiger partial charge is 0.246 e. The fourth-order valence-electron chi connectivity index (χ4n) is 3.28. The van der Waals surface area contributed by atoms with Crippen molar-refractivity contribution >= 4 is 33.2 Å². The lowest BCUT2D eigenvalue weighted by molar-refractivity contribution is -0.120. The lowest BCUT2D eigenvalue weighted by atomic mass is 9.99. The minimum absolute atomic E-state index is 0.00344. The van der Waals surface area contributed by atoms with Crippen molar-refractivity contribution in [2.24, 2.45) is 5.92 Å². The lowest BCUT2D eigenvalue weighted by Crippen LogP contribution is -2.43. The van der Waals surface area contributed by atoms with Crippen molar-refractivity contribution in [1.29, 1.82) is 0 Å². The largest absolute Gasteiger partial charge is 0.497 e. The number of hydrogen-bond acceptors (Lipinski definition) is 5. The Morgan fingerprint density at radius 1 is 1.14 bits per heavy atom. The van der Waals surface area contributed by atoms with Crippen LogP contribution < -0.4 is 14.8 Å². The molecule has 1 N–H and O–H groups in total. The average Bonchev–Trinajstić information content (AvgIpc) is 2.74. The van der Waals surface area contributed by atoms with Gasteiger partial charge in [-0.1, -0.05) is 11.6 Å². The number of anilines is 1. The molecular weight excluding hydrogens is 416 g/mol. The first-order chi connectivity index (χ1) is 13.8. The van der Waals surface area contributed by atoms with Crippen molar-refractivity contribution in [2.75, 3.05) is 32.6 Å². The molecule has 2 aromatic rings.